The molecule has 2 nitrogen and oxygen atoms in total. The SMILES string of the molecule is Cc1ncc(C)c(-c2cccc3ccsc23)n1. The van der Waals surface area contributed by atoms with Crippen molar-refractivity contribution in [2.75, 3.05) is 0 Å². The maximum atomic E-state index is 4.57. The van der Waals surface area contributed by atoms with Crippen LogP contribution in [0.25, 0.3) is 21.3 Å². The highest BCUT2D eigenvalue weighted by Gasteiger charge is 2.09. The fourth-order valence-corrected chi connectivity index (χ4v) is 2.90. The molecule has 0 saturated heterocycles. The molecular formula is C14H12N2S. The summed E-state index contributed by atoms with van der Waals surface area (Å²) in [7, 11) is 0. The molecule has 0 N–H and O–H groups in total. The van der Waals surface area contributed by atoms with Crippen molar-refractivity contribution in [2.45, 2.75) is 13.8 Å². The quantitative estimate of drug-likeness (QED) is 0.643. The summed E-state index contributed by atoms with van der Waals surface area (Å²) in [5.74, 6) is 0.819. The van der Waals surface area contributed by atoms with Crippen molar-refractivity contribution in [3.05, 3.63) is 47.2 Å². The van der Waals surface area contributed by atoms with Crippen LogP contribution in [0.5, 0.6) is 0 Å². The Labute approximate surface area is 104 Å². The monoisotopic (exact) mass is 240 g/mol. The lowest BCUT2D eigenvalue weighted by atomic mass is 10.1. The van der Waals surface area contributed by atoms with E-state index in [0.29, 0.717) is 0 Å². The first-order valence-corrected chi connectivity index (χ1v) is 6.40. The van der Waals surface area contributed by atoms with E-state index in [1.54, 1.807) is 11.3 Å². The molecule has 0 bridgehead atoms. The van der Waals surface area contributed by atoms with Crippen LogP contribution in [0.2, 0.25) is 0 Å². The molecule has 0 aliphatic heterocycles. The molecule has 1 aromatic carbocycles. The topological polar surface area (TPSA) is 25.8 Å². The van der Waals surface area contributed by atoms with Crippen LogP contribution < -0.4 is 0 Å². The van der Waals surface area contributed by atoms with Crippen molar-refractivity contribution in [1.82, 2.24) is 9.97 Å². The number of aromatic nitrogens is 2. The van der Waals surface area contributed by atoms with Crippen molar-refractivity contribution in [3.63, 3.8) is 0 Å². The van der Waals surface area contributed by atoms with Gasteiger partial charge in [-0.05, 0) is 36.2 Å². The van der Waals surface area contributed by atoms with E-state index >= 15 is 0 Å². The predicted molar refractivity (Wildman–Crippen MR) is 72.3 cm³/mol. The van der Waals surface area contributed by atoms with E-state index in [4.69, 9.17) is 0 Å². The molecule has 84 valence electrons. The van der Waals surface area contributed by atoms with Crippen LogP contribution in [0.4, 0.5) is 0 Å². The summed E-state index contributed by atoms with van der Waals surface area (Å²) < 4.78 is 1.30. The molecule has 0 spiro atoms. The largest absolute Gasteiger partial charge is 0.241 e. The summed E-state index contributed by atoms with van der Waals surface area (Å²) in [4.78, 5) is 8.79. The maximum Gasteiger partial charge on any atom is 0.125 e. The van der Waals surface area contributed by atoms with Crippen molar-refractivity contribution in [3.8, 4) is 11.3 Å². The first kappa shape index (κ1) is 10.4. The number of aryl methyl sites for hydroxylation is 2. The zero-order valence-corrected chi connectivity index (χ0v) is 10.6. The standard InChI is InChI=1S/C14H12N2S/c1-9-8-15-10(2)16-13(9)12-5-3-4-11-6-7-17-14(11)12/h3-8H,1-2H3. The first-order valence-electron chi connectivity index (χ1n) is 5.52. The van der Waals surface area contributed by atoms with Crippen molar-refractivity contribution in [2.24, 2.45) is 0 Å². The maximum absolute atomic E-state index is 4.57. The van der Waals surface area contributed by atoms with Crippen LogP contribution in [-0.2, 0) is 0 Å². The van der Waals surface area contributed by atoms with Crippen LogP contribution in [0.15, 0.2) is 35.8 Å². The summed E-state index contributed by atoms with van der Waals surface area (Å²) in [5.41, 5.74) is 3.38. The number of rotatable bonds is 1. The zero-order chi connectivity index (χ0) is 11.8. The summed E-state index contributed by atoms with van der Waals surface area (Å²) in [6.07, 6.45) is 1.89. The van der Waals surface area contributed by atoms with Crippen LogP contribution in [0.1, 0.15) is 11.4 Å². The minimum Gasteiger partial charge on any atom is -0.241 e. The van der Waals surface area contributed by atoms with E-state index in [0.717, 1.165) is 17.1 Å². The Morgan fingerprint density at radius 1 is 1.12 bits per heavy atom. The second kappa shape index (κ2) is 3.93. The molecule has 0 amide bonds. The van der Waals surface area contributed by atoms with E-state index in [-0.39, 0.29) is 0 Å². The lowest BCUT2D eigenvalue weighted by Gasteiger charge is -2.06. The van der Waals surface area contributed by atoms with Gasteiger partial charge >= 0.3 is 0 Å². The highest BCUT2D eigenvalue weighted by molar-refractivity contribution is 7.17. The summed E-state index contributed by atoms with van der Waals surface area (Å²) in [6.45, 7) is 3.98. The molecule has 3 rings (SSSR count). The highest BCUT2D eigenvalue weighted by atomic mass is 32.1. The lowest BCUT2D eigenvalue weighted by molar-refractivity contribution is 1.04. The molecule has 0 saturated carbocycles. The Hall–Kier alpha value is -1.74. The molecule has 17 heavy (non-hydrogen) atoms. The first-order chi connectivity index (χ1) is 8.25. The summed E-state index contributed by atoms with van der Waals surface area (Å²) >= 11 is 1.76. The van der Waals surface area contributed by atoms with Crippen LogP contribution in [0.3, 0.4) is 0 Å². The third-order valence-corrected chi connectivity index (χ3v) is 3.79. The fraction of sp³-hybridized carbons (Fsp3) is 0.143. The predicted octanol–water partition coefficient (Wildman–Crippen LogP) is 3.98. The summed E-state index contributed by atoms with van der Waals surface area (Å²) in [6, 6.07) is 8.50. The molecule has 0 aliphatic carbocycles. The van der Waals surface area contributed by atoms with Gasteiger partial charge in [-0.25, -0.2) is 9.97 Å². The second-order valence-corrected chi connectivity index (χ2v) is 5.01. The van der Waals surface area contributed by atoms with Gasteiger partial charge in [0.15, 0.2) is 0 Å². The van der Waals surface area contributed by atoms with Gasteiger partial charge in [0.25, 0.3) is 0 Å². The number of thiophene rings is 1. The van der Waals surface area contributed by atoms with E-state index in [1.165, 1.54) is 15.6 Å². The third-order valence-electron chi connectivity index (χ3n) is 2.83. The van der Waals surface area contributed by atoms with Gasteiger partial charge in [-0.15, -0.1) is 11.3 Å². The van der Waals surface area contributed by atoms with Gasteiger partial charge in [0.1, 0.15) is 5.82 Å². The number of nitrogens with zero attached hydrogens (tertiary/aromatic N) is 2. The van der Waals surface area contributed by atoms with Crippen molar-refractivity contribution in [1.29, 1.82) is 0 Å². The number of hydrogen-bond acceptors (Lipinski definition) is 3. The lowest BCUT2D eigenvalue weighted by Crippen LogP contribution is -1.94. The Morgan fingerprint density at radius 3 is 2.88 bits per heavy atom. The molecule has 0 radical (unpaired) electrons. The normalized spacial score (nSPS) is 10.9. The number of benzene rings is 1. The Balaban J connectivity index is 2.34. The molecule has 0 atom stereocenters. The summed E-state index contributed by atoms with van der Waals surface area (Å²) in [5, 5.41) is 3.40. The molecule has 0 fully saturated rings. The molecule has 3 heteroatoms. The van der Waals surface area contributed by atoms with Gasteiger partial charge in [0, 0.05) is 16.5 Å². The zero-order valence-electron chi connectivity index (χ0n) is 9.77. The van der Waals surface area contributed by atoms with Crippen LogP contribution in [0, 0.1) is 13.8 Å². The number of fused-ring (bicyclic) bond motifs is 1. The van der Waals surface area contributed by atoms with Crippen molar-refractivity contribution >= 4 is 21.4 Å². The molecule has 2 aromatic heterocycles. The highest BCUT2D eigenvalue weighted by Crippen LogP contribution is 2.32. The minimum atomic E-state index is 0.819. The molecule has 0 unspecified atom stereocenters. The minimum absolute atomic E-state index is 0.819. The smallest absolute Gasteiger partial charge is 0.125 e. The van der Waals surface area contributed by atoms with Crippen LogP contribution >= 0.6 is 11.3 Å². The average molecular weight is 240 g/mol. The van der Waals surface area contributed by atoms with Gasteiger partial charge in [-0.2, -0.15) is 0 Å². The van der Waals surface area contributed by atoms with Gasteiger partial charge in [-0.3, -0.25) is 0 Å². The van der Waals surface area contributed by atoms with Gasteiger partial charge < -0.3 is 0 Å². The average Bonchev–Trinajstić information content (AvgIpc) is 2.80. The second-order valence-electron chi connectivity index (χ2n) is 4.09. The number of hydrogen-bond donors (Lipinski definition) is 0. The van der Waals surface area contributed by atoms with Crippen molar-refractivity contribution < 1.29 is 0 Å². The van der Waals surface area contributed by atoms with Gasteiger partial charge in [0.2, 0.25) is 0 Å². The molecule has 3 aromatic rings. The molecular weight excluding hydrogens is 228 g/mol. The van der Waals surface area contributed by atoms with E-state index in [9.17, 15) is 0 Å². The van der Waals surface area contributed by atoms with E-state index in [2.05, 4.69) is 46.5 Å². The van der Waals surface area contributed by atoms with E-state index < -0.39 is 0 Å². The third kappa shape index (κ3) is 1.72. The Bertz CT molecular complexity index is 686. The fourth-order valence-electron chi connectivity index (χ4n) is 1.98. The van der Waals surface area contributed by atoms with E-state index in [1.807, 2.05) is 13.1 Å². The van der Waals surface area contributed by atoms with Crippen LogP contribution in [-0.4, -0.2) is 9.97 Å². The molecule has 0 aliphatic rings. The van der Waals surface area contributed by atoms with Gasteiger partial charge in [0.05, 0.1) is 5.69 Å². The molecule has 2 heterocycles. The Morgan fingerprint density at radius 2 is 2.00 bits per heavy atom. The Kier molecular flexibility index (Phi) is 2.41. The van der Waals surface area contributed by atoms with Gasteiger partial charge in [-0.1, -0.05) is 18.2 Å².